The Balaban J connectivity index is 3.57. The molecule has 0 aromatic carbocycles. The maximum atomic E-state index is 5.68. The lowest BCUT2D eigenvalue weighted by atomic mass is 10.1. The molecule has 1 unspecified atom stereocenters. The highest BCUT2D eigenvalue weighted by molar-refractivity contribution is 4.68. The van der Waals surface area contributed by atoms with E-state index in [0.717, 1.165) is 26.3 Å². The Hall–Kier alpha value is -0.120. The summed E-state index contributed by atoms with van der Waals surface area (Å²) < 4.78 is 5.29. The molecule has 0 bridgehead atoms. The summed E-state index contributed by atoms with van der Waals surface area (Å²) in [5, 5.41) is 0. The summed E-state index contributed by atoms with van der Waals surface area (Å²) in [6, 6.07) is 0.519. The SMILES string of the molecule is CCCC(CN)N(C)CCOCC. The zero-order chi connectivity index (χ0) is 10.1. The third kappa shape index (κ3) is 6.02. The van der Waals surface area contributed by atoms with Crippen molar-refractivity contribution in [1.29, 1.82) is 0 Å². The van der Waals surface area contributed by atoms with Crippen molar-refractivity contribution in [3.63, 3.8) is 0 Å². The van der Waals surface area contributed by atoms with E-state index in [-0.39, 0.29) is 0 Å². The zero-order valence-electron chi connectivity index (χ0n) is 9.25. The van der Waals surface area contributed by atoms with E-state index in [4.69, 9.17) is 10.5 Å². The number of nitrogens with two attached hydrogens (primary N) is 1. The normalized spacial score (nSPS) is 13.6. The summed E-state index contributed by atoms with van der Waals surface area (Å²) in [4.78, 5) is 2.29. The Morgan fingerprint density at radius 3 is 2.54 bits per heavy atom. The zero-order valence-corrected chi connectivity index (χ0v) is 9.25. The summed E-state index contributed by atoms with van der Waals surface area (Å²) in [5.74, 6) is 0. The second-order valence-corrected chi connectivity index (χ2v) is 3.36. The average molecular weight is 188 g/mol. The van der Waals surface area contributed by atoms with E-state index in [1.54, 1.807) is 0 Å². The van der Waals surface area contributed by atoms with E-state index in [1.165, 1.54) is 12.8 Å². The summed E-state index contributed by atoms with van der Waals surface area (Å²) >= 11 is 0. The lowest BCUT2D eigenvalue weighted by Crippen LogP contribution is -2.39. The third-order valence-corrected chi connectivity index (χ3v) is 2.31. The second kappa shape index (κ2) is 8.48. The van der Waals surface area contributed by atoms with Gasteiger partial charge >= 0.3 is 0 Å². The molecule has 0 heterocycles. The molecule has 0 saturated heterocycles. The van der Waals surface area contributed by atoms with E-state index < -0.39 is 0 Å². The predicted octanol–water partition coefficient (Wildman–Crippen LogP) is 1.08. The molecule has 13 heavy (non-hydrogen) atoms. The van der Waals surface area contributed by atoms with Crippen molar-refractivity contribution in [2.24, 2.45) is 5.73 Å². The molecule has 0 aliphatic carbocycles. The van der Waals surface area contributed by atoms with Crippen LogP contribution in [0.4, 0.5) is 0 Å². The van der Waals surface area contributed by atoms with Crippen LogP contribution in [0.2, 0.25) is 0 Å². The summed E-state index contributed by atoms with van der Waals surface area (Å²) in [6.45, 7) is 7.56. The number of hydrogen-bond acceptors (Lipinski definition) is 3. The fourth-order valence-corrected chi connectivity index (χ4v) is 1.39. The highest BCUT2D eigenvalue weighted by Crippen LogP contribution is 2.02. The van der Waals surface area contributed by atoms with Crippen molar-refractivity contribution in [1.82, 2.24) is 4.90 Å². The van der Waals surface area contributed by atoms with Crippen LogP contribution >= 0.6 is 0 Å². The molecule has 3 heteroatoms. The van der Waals surface area contributed by atoms with Gasteiger partial charge in [0.05, 0.1) is 6.61 Å². The predicted molar refractivity (Wildman–Crippen MR) is 56.9 cm³/mol. The van der Waals surface area contributed by atoms with Gasteiger partial charge in [-0.15, -0.1) is 0 Å². The molecule has 0 radical (unpaired) electrons. The molecular formula is C10H24N2O. The molecule has 1 atom stereocenters. The highest BCUT2D eigenvalue weighted by Gasteiger charge is 2.10. The number of nitrogens with zero attached hydrogens (tertiary/aromatic N) is 1. The van der Waals surface area contributed by atoms with Gasteiger partial charge in [0, 0.05) is 25.7 Å². The Morgan fingerprint density at radius 2 is 2.08 bits per heavy atom. The average Bonchev–Trinajstić information content (AvgIpc) is 2.14. The number of rotatable bonds is 8. The van der Waals surface area contributed by atoms with Crippen LogP contribution in [0.5, 0.6) is 0 Å². The van der Waals surface area contributed by atoms with Crippen LogP contribution in [0.25, 0.3) is 0 Å². The van der Waals surface area contributed by atoms with Gasteiger partial charge in [-0.1, -0.05) is 13.3 Å². The Bertz CT molecular complexity index is 109. The Morgan fingerprint density at radius 1 is 1.38 bits per heavy atom. The van der Waals surface area contributed by atoms with Gasteiger partial charge in [0.2, 0.25) is 0 Å². The molecule has 0 aliphatic rings. The van der Waals surface area contributed by atoms with Crippen LogP contribution in [0.15, 0.2) is 0 Å². The number of ether oxygens (including phenoxy) is 1. The van der Waals surface area contributed by atoms with Gasteiger partial charge in [-0.3, -0.25) is 4.90 Å². The molecule has 0 aliphatic heterocycles. The quantitative estimate of drug-likeness (QED) is 0.579. The molecular weight excluding hydrogens is 164 g/mol. The summed E-state index contributed by atoms with van der Waals surface area (Å²) in [6.07, 6.45) is 2.37. The van der Waals surface area contributed by atoms with Crippen LogP contribution in [0.3, 0.4) is 0 Å². The van der Waals surface area contributed by atoms with Crippen molar-refractivity contribution < 1.29 is 4.74 Å². The molecule has 0 aromatic rings. The molecule has 0 spiro atoms. The van der Waals surface area contributed by atoms with Gasteiger partial charge in [0.25, 0.3) is 0 Å². The van der Waals surface area contributed by atoms with E-state index in [1.807, 2.05) is 6.92 Å². The van der Waals surface area contributed by atoms with Gasteiger partial charge < -0.3 is 10.5 Å². The fourth-order valence-electron chi connectivity index (χ4n) is 1.39. The minimum Gasteiger partial charge on any atom is -0.380 e. The van der Waals surface area contributed by atoms with Crippen molar-refractivity contribution in [3.05, 3.63) is 0 Å². The molecule has 0 rings (SSSR count). The standard InChI is InChI=1S/C10H24N2O/c1-4-6-10(9-11)12(3)7-8-13-5-2/h10H,4-9,11H2,1-3H3. The van der Waals surface area contributed by atoms with Crippen molar-refractivity contribution in [2.45, 2.75) is 32.7 Å². The van der Waals surface area contributed by atoms with E-state index in [2.05, 4.69) is 18.9 Å². The summed E-state index contributed by atoms with van der Waals surface area (Å²) in [5.41, 5.74) is 5.68. The van der Waals surface area contributed by atoms with Gasteiger partial charge in [-0.05, 0) is 20.4 Å². The lowest BCUT2D eigenvalue weighted by molar-refractivity contribution is 0.106. The van der Waals surface area contributed by atoms with E-state index in [9.17, 15) is 0 Å². The molecule has 2 N–H and O–H groups in total. The van der Waals surface area contributed by atoms with Gasteiger partial charge in [-0.25, -0.2) is 0 Å². The van der Waals surface area contributed by atoms with Crippen LogP contribution in [-0.4, -0.2) is 44.3 Å². The Labute approximate surface area is 82.2 Å². The molecule has 0 amide bonds. The monoisotopic (exact) mass is 188 g/mol. The van der Waals surface area contributed by atoms with Crippen LogP contribution in [0.1, 0.15) is 26.7 Å². The number of hydrogen-bond donors (Lipinski definition) is 1. The molecule has 3 nitrogen and oxygen atoms in total. The highest BCUT2D eigenvalue weighted by atomic mass is 16.5. The fraction of sp³-hybridized carbons (Fsp3) is 1.00. The number of likely N-dealkylation sites (N-methyl/N-ethyl adjacent to an activating group) is 1. The topological polar surface area (TPSA) is 38.5 Å². The first-order chi connectivity index (χ1) is 6.26. The third-order valence-electron chi connectivity index (χ3n) is 2.31. The maximum absolute atomic E-state index is 5.68. The van der Waals surface area contributed by atoms with Crippen LogP contribution < -0.4 is 5.73 Å². The Kier molecular flexibility index (Phi) is 8.40. The van der Waals surface area contributed by atoms with E-state index >= 15 is 0 Å². The molecule has 0 fully saturated rings. The van der Waals surface area contributed by atoms with Crippen molar-refractivity contribution in [3.8, 4) is 0 Å². The first-order valence-electron chi connectivity index (χ1n) is 5.24. The smallest absolute Gasteiger partial charge is 0.0593 e. The van der Waals surface area contributed by atoms with E-state index in [0.29, 0.717) is 6.04 Å². The molecule has 80 valence electrons. The summed E-state index contributed by atoms with van der Waals surface area (Å²) in [7, 11) is 2.12. The lowest BCUT2D eigenvalue weighted by Gasteiger charge is -2.26. The van der Waals surface area contributed by atoms with Gasteiger partial charge in [-0.2, -0.15) is 0 Å². The van der Waals surface area contributed by atoms with Crippen LogP contribution in [-0.2, 0) is 4.74 Å². The molecule has 0 saturated carbocycles. The van der Waals surface area contributed by atoms with Gasteiger partial charge in [0.1, 0.15) is 0 Å². The minimum absolute atomic E-state index is 0.519. The van der Waals surface area contributed by atoms with Crippen molar-refractivity contribution >= 4 is 0 Å². The van der Waals surface area contributed by atoms with Gasteiger partial charge in [0.15, 0.2) is 0 Å². The van der Waals surface area contributed by atoms with Crippen molar-refractivity contribution in [2.75, 3.05) is 33.4 Å². The maximum Gasteiger partial charge on any atom is 0.0593 e. The first-order valence-corrected chi connectivity index (χ1v) is 5.24. The largest absolute Gasteiger partial charge is 0.380 e. The second-order valence-electron chi connectivity index (χ2n) is 3.36. The molecule has 0 aromatic heterocycles. The first kappa shape index (κ1) is 12.9. The van der Waals surface area contributed by atoms with Crippen LogP contribution in [0, 0.1) is 0 Å². The minimum atomic E-state index is 0.519.